The van der Waals surface area contributed by atoms with Crippen LogP contribution in [0.3, 0.4) is 0 Å². The quantitative estimate of drug-likeness (QED) is 0.673. The monoisotopic (exact) mass is 194 g/mol. The minimum absolute atomic E-state index is 0.256. The summed E-state index contributed by atoms with van der Waals surface area (Å²) in [5.74, 6) is 0. The van der Waals surface area contributed by atoms with Gasteiger partial charge in [-0.3, -0.25) is 0 Å². The van der Waals surface area contributed by atoms with Gasteiger partial charge in [-0.1, -0.05) is 0 Å². The summed E-state index contributed by atoms with van der Waals surface area (Å²) in [7, 11) is 0. The van der Waals surface area contributed by atoms with E-state index < -0.39 is 0 Å². The first kappa shape index (κ1) is 8.74. The molecule has 0 aliphatic carbocycles. The van der Waals surface area contributed by atoms with E-state index in [1.807, 2.05) is 12.3 Å². The van der Waals surface area contributed by atoms with Crippen molar-refractivity contribution in [3.05, 3.63) is 24.4 Å². The molecule has 11 heavy (non-hydrogen) atoms. The van der Waals surface area contributed by atoms with Crippen LogP contribution in [0.2, 0.25) is 10.8 Å². The summed E-state index contributed by atoms with van der Waals surface area (Å²) in [6.45, 7) is 4.46. The zero-order valence-electron chi connectivity index (χ0n) is 6.99. The van der Waals surface area contributed by atoms with Gasteiger partial charge in [-0.2, -0.15) is 0 Å². The number of hydrogen-bond acceptors (Lipinski definition) is 1. The van der Waals surface area contributed by atoms with Crippen molar-refractivity contribution in [3.63, 3.8) is 0 Å². The molecule has 0 atom stereocenters. The number of aromatic nitrogens is 1. The van der Waals surface area contributed by atoms with Gasteiger partial charge in [-0.25, -0.2) is 0 Å². The first-order chi connectivity index (χ1) is 5.38. The van der Waals surface area contributed by atoms with Crippen molar-refractivity contribution in [2.45, 2.75) is 24.6 Å². The molecular weight excluding hydrogens is 181 g/mol. The zero-order chi connectivity index (χ0) is 8.10. The second kappa shape index (κ2) is 4.51. The van der Waals surface area contributed by atoms with Crippen LogP contribution >= 0.6 is 0 Å². The van der Waals surface area contributed by atoms with Crippen molar-refractivity contribution in [1.82, 2.24) is 4.98 Å². The van der Waals surface area contributed by atoms with Crippen LogP contribution in [0.1, 0.15) is 13.8 Å². The maximum atomic E-state index is 4.34. The van der Waals surface area contributed by atoms with E-state index in [-0.39, 0.29) is 13.4 Å². The van der Waals surface area contributed by atoms with Crippen molar-refractivity contribution in [1.29, 1.82) is 0 Å². The molecule has 65 valence electrons. The molecule has 0 saturated carbocycles. The molecule has 0 spiro atoms. The second-order valence-electron chi connectivity index (χ2n) is 1.95. The van der Waals surface area contributed by atoms with Gasteiger partial charge in [0.2, 0.25) is 0 Å². The fraction of sp³-hybridized carbons (Fsp3) is 0.444. The SMILES string of the molecule is C[CH2][Ni]([CH2]C)[c]1ccccn1. The van der Waals surface area contributed by atoms with E-state index in [1.54, 1.807) is 0 Å². The Labute approximate surface area is 72.5 Å². The number of rotatable bonds is 3. The molecule has 0 bridgehead atoms. The average Bonchev–Trinajstić information content (AvgIpc) is 2.09. The van der Waals surface area contributed by atoms with Gasteiger partial charge < -0.3 is 0 Å². The molecular formula is C9H14NNi. The van der Waals surface area contributed by atoms with Crippen LogP contribution in [0, 0.1) is 0 Å². The van der Waals surface area contributed by atoms with E-state index in [1.165, 1.54) is 15.4 Å². The molecule has 0 radical (unpaired) electrons. The van der Waals surface area contributed by atoms with Crippen molar-refractivity contribution in [2.75, 3.05) is 0 Å². The maximum absolute atomic E-state index is 4.34. The van der Waals surface area contributed by atoms with Gasteiger partial charge in [-0.15, -0.1) is 0 Å². The second-order valence-corrected chi connectivity index (χ2v) is 5.04. The third-order valence-electron chi connectivity index (χ3n) is 1.38. The van der Waals surface area contributed by atoms with Crippen LogP contribution in [0.15, 0.2) is 24.4 Å². The normalized spacial score (nSPS) is 11.3. The molecule has 1 aromatic heterocycles. The van der Waals surface area contributed by atoms with E-state index in [0.29, 0.717) is 0 Å². The van der Waals surface area contributed by atoms with Gasteiger partial charge in [0.15, 0.2) is 0 Å². The minimum atomic E-state index is 0.256. The van der Waals surface area contributed by atoms with Gasteiger partial charge in [0.1, 0.15) is 0 Å². The van der Waals surface area contributed by atoms with Crippen LogP contribution in [-0.4, -0.2) is 4.98 Å². The average molecular weight is 195 g/mol. The predicted molar refractivity (Wildman–Crippen MR) is 44.8 cm³/mol. The molecule has 0 aliphatic heterocycles. The molecule has 1 rings (SSSR count). The van der Waals surface area contributed by atoms with Crippen LogP contribution in [-0.2, 0) is 13.4 Å². The fourth-order valence-corrected chi connectivity index (χ4v) is 2.64. The van der Waals surface area contributed by atoms with E-state index in [2.05, 4.69) is 31.0 Å². The van der Waals surface area contributed by atoms with Crippen LogP contribution in [0.25, 0.3) is 0 Å². The number of pyridine rings is 1. The van der Waals surface area contributed by atoms with Gasteiger partial charge in [0.05, 0.1) is 0 Å². The summed E-state index contributed by atoms with van der Waals surface area (Å²) < 4.78 is 1.28. The van der Waals surface area contributed by atoms with Gasteiger partial charge in [-0.05, 0) is 0 Å². The number of nitrogens with zero attached hydrogens (tertiary/aromatic N) is 1. The van der Waals surface area contributed by atoms with Crippen LogP contribution < -0.4 is 4.66 Å². The van der Waals surface area contributed by atoms with Crippen molar-refractivity contribution < 1.29 is 13.4 Å². The van der Waals surface area contributed by atoms with E-state index >= 15 is 0 Å². The van der Waals surface area contributed by atoms with Gasteiger partial charge >= 0.3 is 72.1 Å². The molecule has 1 heterocycles. The summed E-state index contributed by atoms with van der Waals surface area (Å²) >= 11 is 0.256. The third-order valence-corrected chi connectivity index (χ3v) is 4.07. The number of hydrogen-bond donors (Lipinski definition) is 0. The third kappa shape index (κ3) is 2.30. The van der Waals surface area contributed by atoms with E-state index in [9.17, 15) is 0 Å². The molecule has 0 fully saturated rings. The molecule has 0 saturated heterocycles. The Morgan fingerprint density at radius 2 is 2.00 bits per heavy atom. The first-order valence-corrected chi connectivity index (χ1v) is 5.68. The molecule has 0 N–H and O–H groups in total. The van der Waals surface area contributed by atoms with Gasteiger partial charge in [0, 0.05) is 0 Å². The Morgan fingerprint density at radius 3 is 2.45 bits per heavy atom. The summed E-state index contributed by atoms with van der Waals surface area (Å²) in [6.07, 6.45) is 1.88. The Hall–Kier alpha value is -0.356. The molecule has 0 aromatic carbocycles. The topological polar surface area (TPSA) is 12.9 Å². The van der Waals surface area contributed by atoms with Crippen molar-refractivity contribution in [2.24, 2.45) is 0 Å². The van der Waals surface area contributed by atoms with Crippen LogP contribution in [0.5, 0.6) is 0 Å². The van der Waals surface area contributed by atoms with E-state index in [0.717, 1.165) is 0 Å². The Kier molecular flexibility index (Phi) is 3.58. The fourth-order valence-electron chi connectivity index (χ4n) is 0.851. The Balaban J connectivity index is 2.74. The van der Waals surface area contributed by atoms with E-state index in [4.69, 9.17) is 0 Å². The summed E-state index contributed by atoms with van der Waals surface area (Å²) in [6, 6.07) is 6.16. The Morgan fingerprint density at radius 1 is 1.27 bits per heavy atom. The van der Waals surface area contributed by atoms with Crippen molar-refractivity contribution >= 4 is 4.66 Å². The molecule has 1 nitrogen and oxygen atoms in total. The summed E-state index contributed by atoms with van der Waals surface area (Å²) in [5, 5.41) is 2.46. The molecule has 0 unspecified atom stereocenters. The Bertz CT molecular complexity index is 194. The van der Waals surface area contributed by atoms with Crippen LogP contribution in [0.4, 0.5) is 0 Å². The van der Waals surface area contributed by atoms with Crippen molar-refractivity contribution in [3.8, 4) is 0 Å². The predicted octanol–water partition coefficient (Wildman–Crippen LogP) is 2.20. The molecule has 2 heteroatoms. The molecule has 0 amide bonds. The summed E-state index contributed by atoms with van der Waals surface area (Å²) in [5.41, 5.74) is 0. The zero-order valence-corrected chi connectivity index (χ0v) is 7.97. The molecule has 1 aromatic rings. The summed E-state index contributed by atoms with van der Waals surface area (Å²) in [4.78, 5) is 4.34. The van der Waals surface area contributed by atoms with Gasteiger partial charge in [0.25, 0.3) is 0 Å². The standard InChI is InChI=1S/C5H4N.2C2H5.Ni/c1-2-4-6-5-3-1;2*1-2;/h1-4H;2*1H2,2H3;. The molecule has 0 aliphatic rings. The first-order valence-electron chi connectivity index (χ1n) is 3.79.